The van der Waals surface area contributed by atoms with E-state index >= 15 is 0 Å². The maximum atomic E-state index is 13.4. The summed E-state index contributed by atoms with van der Waals surface area (Å²) in [4.78, 5) is 15.3. The Balaban J connectivity index is 1.88. The number of aromatic nitrogens is 1. The standard InChI is InChI=1S/C24H25Cl3N2O/c1-16(2)17(3)29(24(30)19-9-10-22(26)23(27)13-19)15-21-8-5-11-28(21)14-18-6-4-7-20(25)12-18/h4-13,16-17H,14-15H2,1-3H3. The average molecular weight is 464 g/mol. The van der Waals surface area contributed by atoms with Crippen LogP contribution in [0.4, 0.5) is 0 Å². The van der Waals surface area contributed by atoms with E-state index in [1.165, 1.54) is 0 Å². The third kappa shape index (κ3) is 5.40. The lowest BCUT2D eigenvalue weighted by molar-refractivity contribution is 0.0623. The molecule has 0 radical (unpaired) electrons. The molecule has 0 aliphatic rings. The second kappa shape index (κ2) is 9.91. The van der Waals surface area contributed by atoms with Crippen molar-refractivity contribution < 1.29 is 4.79 Å². The molecule has 0 fully saturated rings. The minimum Gasteiger partial charge on any atom is -0.345 e. The number of hydrogen-bond donors (Lipinski definition) is 0. The van der Waals surface area contributed by atoms with Gasteiger partial charge in [0, 0.05) is 35.1 Å². The summed E-state index contributed by atoms with van der Waals surface area (Å²) < 4.78 is 2.15. The van der Waals surface area contributed by atoms with Crippen LogP contribution in [0, 0.1) is 5.92 Å². The van der Waals surface area contributed by atoms with Crippen molar-refractivity contribution in [3.05, 3.63) is 92.7 Å². The van der Waals surface area contributed by atoms with Gasteiger partial charge in [-0.2, -0.15) is 0 Å². The molecule has 0 saturated carbocycles. The van der Waals surface area contributed by atoms with E-state index in [1.807, 2.05) is 47.5 Å². The Kier molecular flexibility index (Phi) is 7.51. The lowest BCUT2D eigenvalue weighted by atomic mass is 10.0. The van der Waals surface area contributed by atoms with Crippen LogP contribution in [0.1, 0.15) is 42.4 Å². The topological polar surface area (TPSA) is 25.2 Å². The van der Waals surface area contributed by atoms with Crippen molar-refractivity contribution in [2.24, 2.45) is 5.92 Å². The summed E-state index contributed by atoms with van der Waals surface area (Å²) in [5, 5.41) is 1.53. The highest BCUT2D eigenvalue weighted by molar-refractivity contribution is 6.42. The Bertz CT molecular complexity index is 1030. The highest BCUT2D eigenvalue weighted by atomic mass is 35.5. The summed E-state index contributed by atoms with van der Waals surface area (Å²) in [6.45, 7) is 7.49. The monoisotopic (exact) mass is 462 g/mol. The average Bonchev–Trinajstić information content (AvgIpc) is 3.13. The molecule has 0 saturated heterocycles. The highest BCUT2D eigenvalue weighted by Crippen LogP contribution is 2.25. The second-order valence-electron chi connectivity index (χ2n) is 7.80. The fourth-order valence-electron chi connectivity index (χ4n) is 3.31. The van der Waals surface area contributed by atoms with Crippen LogP contribution in [0.2, 0.25) is 15.1 Å². The first-order valence-electron chi connectivity index (χ1n) is 9.90. The molecule has 3 aromatic rings. The van der Waals surface area contributed by atoms with Crippen molar-refractivity contribution in [2.75, 3.05) is 0 Å². The molecule has 0 aliphatic carbocycles. The Labute approximate surface area is 193 Å². The Morgan fingerprint density at radius 1 is 0.967 bits per heavy atom. The van der Waals surface area contributed by atoms with Crippen LogP contribution in [-0.4, -0.2) is 21.4 Å². The third-order valence-electron chi connectivity index (χ3n) is 5.38. The molecule has 1 amide bonds. The molecule has 2 aromatic carbocycles. The summed E-state index contributed by atoms with van der Waals surface area (Å²) in [6.07, 6.45) is 2.03. The fourth-order valence-corrected chi connectivity index (χ4v) is 3.82. The smallest absolute Gasteiger partial charge is 0.254 e. The van der Waals surface area contributed by atoms with Gasteiger partial charge >= 0.3 is 0 Å². The molecule has 0 bridgehead atoms. The number of rotatable bonds is 7. The Morgan fingerprint density at radius 3 is 2.40 bits per heavy atom. The van der Waals surface area contributed by atoms with Crippen LogP contribution >= 0.6 is 34.8 Å². The molecular formula is C24H25Cl3N2O. The largest absolute Gasteiger partial charge is 0.345 e. The molecule has 0 N–H and O–H groups in total. The van der Waals surface area contributed by atoms with Gasteiger partial charge in [0.1, 0.15) is 0 Å². The summed E-state index contributed by atoms with van der Waals surface area (Å²) in [5.74, 6) is 0.235. The van der Waals surface area contributed by atoms with Crippen molar-refractivity contribution in [2.45, 2.75) is 39.9 Å². The zero-order valence-corrected chi connectivity index (χ0v) is 19.5. The van der Waals surface area contributed by atoms with Gasteiger partial charge < -0.3 is 9.47 Å². The van der Waals surface area contributed by atoms with Crippen LogP contribution in [0.15, 0.2) is 60.8 Å². The van der Waals surface area contributed by atoms with Crippen LogP contribution in [0.5, 0.6) is 0 Å². The Hall–Kier alpha value is -1.94. The van der Waals surface area contributed by atoms with Gasteiger partial charge in [-0.3, -0.25) is 4.79 Å². The number of carbonyl (C=O) groups is 1. The maximum absolute atomic E-state index is 13.4. The van der Waals surface area contributed by atoms with Gasteiger partial charge in [0.05, 0.1) is 16.6 Å². The van der Waals surface area contributed by atoms with E-state index in [-0.39, 0.29) is 11.9 Å². The van der Waals surface area contributed by atoms with E-state index in [9.17, 15) is 4.79 Å². The van der Waals surface area contributed by atoms with Crippen LogP contribution in [0.3, 0.4) is 0 Å². The summed E-state index contributed by atoms with van der Waals surface area (Å²) in [7, 11) is 0. The molecular weight excluding hydrogens is 439 g/mol. The summed E-state index contributed by atoms with van der Waals surface area (Å²) in [6, 6.07) is 16.9. The van der Waals surface area contributed by atoms with Gasteiger partial charge in [-0.25, -0.2) is 0 Å². The van der Waals surface area contributed by atoms with E-state index in [2.05, 4.69) is 25.3 Å². The molecule has 158 valence electrons. The van der Waals surface area contributed by atoms with Crippen LogP contribution in [0.25, 0.3) is 0 Å². The van der Waals surface area contributed by atoms with Gasteiger partial charge in [0.15, 0.2) is 0 Å². The number of halogens is 3. The molecule has 1 atom stereocenters. The fraction of sp³-hybridized carbons (Fsp3) is 0.292. The van der Waals surface area contributed by atoms with E-state index < -0.39 is 0 Å². The second-order valence-corrected chi connectivity index (χ2v) is 9.05. The number of nitrogens with zero attached hydrogens (tertiary/aromatic N) is 2. The van der Waals surface area contributed by atoms with E-state index in [0.29, 0.717) is 39.6 Å². The first-order valence-corrected chi connectivity index (χ1v) is 11.0. The lowest BCUT2D eigenvalue weighted by Crippen LogP contribution is -2.41. The number of amides is 1. The van der Waals surface area contributed by atoms with Crippen molar-refractivity contribution in [1.29, 1.82) is 0 Å². The molecule has 0 aliphatic heterocycles. The minimum atomic E-state index is -0.0646. The molecule has 1 aromatic heterocycles. The quantitative estimate of drug-likeness (QED) is 0.364. The molecule has 3 rings (SSSR count). The highest BCUT2D eigenvalue weighted by Gasteiger charge is 2.25. The minimum absolute atomic E-state index is 0.0430. The maximum Gasteiger partial charge on any atom is 0.254 e. The van der Waals surface area contributed by atoms with Crippen molar-refractivity contribution in [1.82, 2.24) is 9.47 Å². The molecule has 1 heterocycles. The van der Waals surface area contributed by atoms with Crippen molar-refractivity contribution >= 4 is 40.7 Å². The van der Waals surface area contributed by atoms with Crippen LogP contribution in [-0.2, 0) is 13.1 Å². The molecule has 6 heteroatoms. The van der Waals surface area contributed by atoms with Gasteiger partial charge in [0.25, 0.3) is 5.91 Å². The van der Waals surface area contributed by atoms with E-state index in [1.54, 1.807) is 18.2 Å². The lowest BCUT2D eigenvalue weighted by Gasteiger charge is -2.32. The first-order chi connectivity index (χ1) is 14.3. The molecule has 0 spiro atoms. The van der Waals surface area contributed by atoms with Gasteiger partial charge in [0.2, 0.25) is 0 Å². The summed E-state index contributed by atoms with van der Waals surface area (Å²) >= 11 is 18.3. The van der Waals surface area contributed by atoms with E-state index in [4.69, 9.17) is 34.8 Å². The molecule has 3 nitrogen and oxygen atoms in total. The number of hydrogen-bond acceptors (Lipinski definition) is 1. The summed E-state index contributed by atoms with van der Waals surface area (Å²) in [5.41, 5.74) is 2.69. The Morgan fingerprint density at radius 2 is 1.73 bits per heavy atom. The predicted molar refractivity (Wildman–Crippen MR) is 126 cm³/mol. The third-order valence-corrected chi connectivity index (χ3v) is 6.36. The van der Waals surface area contributed by atoms with Gasteiger partial charge in [-0.1, -0.05) is 60.8 Å². The zero-order chi connectivity index (χ0) is 21.8. The molecule has 30 heavy (non-hydrogen) atoms. The normalized spacial score (nSPS) is 12.2. The van der Waals surface area contributed by atoms with Gasteiger partial charge in [-0.15, -0.1) is 0 Å². The SMILES string of the molecule is CC(C)C(C)N(Cc1cccn1Cc1cccc(Cl)c1)C(=O)c1ccc(Cl)c(Cl)c1. The van der Waals surface area contributed by atoms with E-state index in [0.717, 1.165) is 11.3 Å². The number of carbonyl (C=O) groups excluding carboxylic acids is 1. The molecule has 1 unspecified atom stereocenters. The first kappa shape index (κ1) is 22.7. The van der Waals surface area contributed by atoms with Crippen molar-refractivity contribution in [3.63, 3.8) is 0 Å². The number of benzene rings is 2. The van der Waals surface area contributed by atoms with Gasteiger partial charge in [-0.05, 0) is 60.9 Å². The predicted octanol–water partition coefficient (Wildman–Crippen LogP) is 7.18. The van der Waals surface area contributed by atoms with Crippen LogP contribution < -0.4 is 0 Å². The van der Waals surface area contributed by atoms with Crippen molar-refractivity contribution in [3.8, 4) is 0 Å². The zero-order valence-electron chi connectivity index (χ0n) is 17.3.